The lowest BCUT2D eigenvalue weighted by Crippen LogP contribution is -2.89. The van der Waals surface area contributed by atoms with Crippen molar-refractivity contribution in [3.8, 4) is 16.9 Å². The number of hydrogen-bond acceptors (Lipinski definition) is 2. The number of para-hydroxylation sites is 1. The number of hydrogen-bond donors (Lipinski definition) is 2. The highest BCUT2D eigenvalue weighted by Crippen LogP contribution is 2.29. The van der Waals surface area contributed by atoms with Gasteiger partial charge >= 0.3 is 0 Å². The van der Waals surface area contributed by atoms with Crippen molar-refractivity contribution in [2.75, 3.05) is 0 Å². The summed E-state index contributed by atoms with van der Waals surface area (Å²) < 4.78 is 15.3. The maximum atomic E-state index is 13.5. The van der Waals surface area contributed by atoms with E-state index in [2.05, 4.69) is 10.3 Å². The van der Waals surface area contributed by atoms with Crippen molar-refractivity contribution in [3.63, 3.8) is 0 Å². The Bertz CT molecular complexity index is 1240. The number of aromatic nitrogens is 3. The number of rotatable bonds is 5. The van der Waals surface area contributed by atoms with E-state index in [9.17, 15) is 9.18 Å². The summed E-state index contributed by atoms with van der Waals surface area (Å²) in [5.41, 5.74) is 3.72. The molecule has 0 bridgehead atoms. The van der Waals surface area contributed by atoms with Gasteiger partial charge in [-0.2, -0.15) is 5.10 Å². The Labute approximate surface area is 179 Å². The number of H-pyrrole nitrogens is 1. The molecule has 2 aromatic heterocycles. The van der Waals surface area contributed by atoms with E-state index in [1.54, 1.807) is 16.8 Å². The van der Waals surface area contributed by atoms with E-state index in [1.807, 2.05) is 36.4 Å². The van der Waals surface area contributed by atoms with Crippen LogP contribution in [-0.4, -0.2) is 20.8 Å². The summed E-state index contributed by atoms with van der Waals surface area (Å²) in [4.78, 5) is 16.0. The first kappa shape index (κ1) is 19.7. The van der Waals surface area contributed by atoms with Crippen molar-refractivity contribution in [1.82, 2.24) is 14.8 Å². The molecule has 0 radical (unpaired) electrons. The van der Waals surface area contributed by atoms with Gasteiger partial charge in [-0.05, 0) is 68.1 Å². The summed E-state index contributed by atoms with van der Waals surface area (Å²) in [5.74, 6) is -0.285. The van der Waals surface area contributed by atoms with Gasteiger partial charge in [0.05, 0.1) is 17.3 Å². The molecule has 5 nitrogen and oxygen atoms in total. The second kappa shape index (κ2) is 8.47. The van der Waals surface area contributed by atoms with Gasteiger partial charge in [-0.15, -0.1) is 0 Å². The summed E-state index contributed by atoms with van der Waals surface area (Å²) in [5, 5.41) is 7.97. The predicted molar refractivity (Wildman–Crippen MR) is 120 cm³/mol. The summed E-state index contributed by atoms with van der Waals surface area (Å²) >= 11 is 0. The van der Waals surface area contributed by atoms with Gasteiger partial charge < -0.3 is 10.3 Å². The number of nitrogens with one attached hydrogen (secondary N) is 1. The minimum absolute atomic E-state index is 0.0812. The Hall–Kier alpha value is -3.25. The normalized spacial score (nSPS) is 14.9. The maximum absolute atomic E-state index is 13.5. The van der Waals surface area contributed by atoms with Crippen LogP contribution in [0.25, 0.3) is 28.0 Å². The van der Waals surface area contributed by atoms with Gasteiger partial charge in [-0.3, -0.25) is 4.79 Å². The van der Waals surface area contributed by atoms with E-state index in [4.69, 9.17) is 5.10 Å². The fourth-order valence-electron chi connectivity index (χ4n) is 4.51. The molecule has 2 aromatic carbocycles. The number of benzene rings is 2. The molecular weight excluding hydrogens is 391 g/mol. The SMILES string of the molecule is O=c1[nH]c2c(cc1C[NH2+]C1CCCCC1)c(-c1ccc(F)cc1)nn2-c1ccccc1. The van der Waals surface area contributed by atoms with Crippen LogP contribution in [0, 0.1) is 5.82 Å². The van der Waals surface area contributed by atoms with Gasteiger partial charge in [-0.25, -0.2) is 9.07 Å². The second-order valence-corrected chi connectivity index (χ2v) is 8.33. The number of fused-ring (bicyclic) bond motifs is 1. The molecule has 5 rings (SSSR count). The van der Waals surface area contributed by atoms with Gasteiger partial charge in [0, 0.05) is 10.9 Å². The van der Waals surface area contributed by atoms with Crippen molar-refractivity contribution >= 4 is 11.0 Å². The van der Waals surface area contributed by atoms with Crippen LogP contribution in [0.15, 0.2) is 65.5 Å². The van der Waals surface area contributed by atoms with Crippen LogP contribution in [0.1, 0.15) is 37.7 Å². The predicted octanol–water partition coefficient (Wildman–Crippen LogP) is 3.92. The maximum Gasteiger partial charge on any atom is 0.258 e. The third-order valence-corrected chi connectivity index (χ3v) is 6.20. The van der Waals surface area contributed by atoms with Gasteiger partial charge in [0.1, 0.15) is 23.7 Å². The molecule has 0 amide bonds. The van der Waals surface area contributed by atoms with Gasteiger partial charge in [0.15, 0.2) is 0 Å². The molecule has 1 aliphatic rings. The fraction of sp³-hybridized carbons (Fsp3) is 0.280. The first-order chi connectivity index (χ1) is 15.2. The molecule has 0 spiro atoms. The average Bonchev–Trinajstić information content (AvgIpc) is 3.17. The topological polar surface area (TPSA) is 67.3 Å². The zero-order valence-corrected chi connectivity index (χ0v) is 17.4. The third-order valence-electron chi connectivity index (χ3n) is 6.20. The van der Waals surface area contributed by atoms with Gasteiger partial charge in [0.2, 0.25) is 0 Å². The van der Waals surface area contributed by atoms with Gasteiger partial charge in [0.25, 0.3) is 5.56 Å². The van der Waals surface area contributed by atoms with E-state index < -0.39 is 0 Å². The molecule has 4 aromatic rings. The number of quaternary nitrogens is 1. The zero-order chi connectivity index (χ0) is 21.2. The van der Waals surface area contributed by atoms with Crippen molar-refractivity contribution in [2.24, 2.45) is 0 Å². The molecule has 31 heavy (non-hydrogen) atoms. The zero-order valence-electron chi connectivity index (χ0n) is 17.4. The first-order valence-electron chi connectivity index (χ1n) is 11.0. The molecule has 3 N–H and O–H groups in total. The molecule has 1 saturated carbocycles. The molecule has 0 saturated heterocycles. The van der Waals surface area contributed by atoms with Crippen LogP contribution in [-0.2, 0) is 6.54 Å². The molecule has 0 unspecified atom stereocenters. The molecule has 2 heterocycles. The molecular formula is C25H26FN4O+. The van der Waals surface area contributed by atoms with Crippen LogP contribution in [0.5, 0.6) is 0 Å². The van der Waals surface area contributed by atoms with Crippen LogP contribution in [0.2, 0.25) is 0 Å². The molecule has 1 fully saturated rings. The quantitative estimate of drug-likeness (QED) is 0.517. The lowest BCUT2D eigenvalue weighted by atomic mass is 9.95. The number of aromatic amines is 1. The van der Waals surface area contributed by atoms with Crippen molar-refractivity contribution in [1.29, 1.82) is 0 Å². The number of nitrogens with two attached hydrogens (primary N) is 1. The number of nitrogens with zero attached hydrogens (tertiary/aromatic N) is 2. The van der Waals surface area contributed by atoms with Crippen LogP contribution >= 0.6 is 0 Å². The van der Waals surface area contributed by atoms with Gasteiger partial charge in [-0.1, -0.05) is 24.6 Å². The lowest BCUT2D eigenvalue weighted by molar-refractivity contribution is -0.706. The number of halogens is 1. The monoisotopic (exact) mass is 417 g/mol. The Morgan fingerprint density at radius 2 is 1.77 bits per heavy atom. The Kier molecular flexibility index (Phi) is 5.38. The van der Waals surface area contributed by atoms with Crippen LogP contribution in [0.3, 0.4) is 0 Å². The molecule has 158 valence electrons. The van der Waals surface area contributed by atoms with Crippen molar-refractivity contribution in [2.45, 2.75) is 44.7 Å². The highest BCUT2D eigenvalue weighted by molar-refractivity contribution is 5.92. The second-order valence-electron chi connectivity index (χ2n) is 8.33. The smallest absolute Gasteiger partial charge is 0.258 e. The standard InChI is InChI=1S/C25H25FN4O/c26-19-13-11-17(12-14-19)23-22-15-18(16-27-20-7-3-1-4-8-20)25(31)28-24(22)30(29-23)21-9-5-2-6-10-21/h2,5-6,9-15,20,27H,1,3-4,7-8,16H2,(H,28,31)/p+1. The first-order valence-corrected chi connectivity index (χ1v) is 11.0. The van der Waals surface area contributed by atoms with E-state index in [-0.39, 0.29) is 11.4 Å². The minimum atomic E-state index is -0.285. The fourth-order valence-corrected chi connectivity index (χ4v) is 4.51. The largest absolute Gasteiger partial charge is 0.340 e. The average molecular weight is 418 g/mol. The van der Waals surface area contributed by atoms with E-state index in [1.165, 1.54) is 44.2 Å². The van der Waals surface area contributed by atoms with Crippen molar-refractivity contribution < 1.29 is 9.71 Å². The highest BCUT2D eigenvalue weighted by atomic mass is 19.1. The van der Waals surface area contributed by atoms with Crippen LogP contribution < -0.4 is 10.9 Å². The van der Waals surface area contributed by atoms with E-state index in [0.717, 1.165) is 27.9 Å². The Balaban J connectivity index is 1.60. The molecule has 1 aliphatic carbocycles. The summed E-state index contributed by atoms with van der Waals surface area (Å²) in [6.07, 6.45) is 6.29. The van der Waals surface area contributed by atoms with Crippen molar-refractivity contribution in [3.05, 3.63) is 82.4 Å². The third kappa shape index (κ3) is 4.03. The molecule has 0 aliphatic heterocycles. The number of pyridine rings is 1. The van der Waals surface area contributed by atoms with E-state index >= 15 is 0 Å². The summed E-state index contributed by atoms with van der Waals surface area (Å²) in [7, 11) is 0. The van der Waals surface area contributed by atoms with Crippen LogP contribution in [0.4, 0.5) is 4.39 Å². The molecule has 6 heteroatoms. The Morgan fingerprint density at radius 3 is 2.52 bits per heavy atom. The lowest BCUT2D eigenvalue weighted by Gasteiger charge is -2.19. The summed E-state index contributed by atoms with van der Waals surface area (Å²) in [6, 6.07) is 18.6. The van der Waals surface area contributed by atoms with E-state index in [0.29, 0.717) is 18.2 Å². The highest BCUT2D eigenvalue weighted by Gasteiger charge is 2.20. The Morgan fingerprint density at radius 1 is 1.03 bits per heavy atom. The summed E-state index contributed by atoms with van der Waals surface area (Å²) in [6.45, 7) is 0.648. The molecule has 0 atom stereocenters. The minimum Gasteiger partial charge on any atom is -0.340 e.